The first kappa shape index (κ1) is 28.1. The molecule has 2 saturated heterocycles. The Kier molecular flexibility index (Phi) is 9.80. The molecule has 0 aliphatic carbocycles. The summed E-state index contributed by atoms with van der Waals surface area (Å²) in [5, 5.41) is 3.07. The molecule has 2 aliphatic heterocycles. The minimum absolute atomic E-state index is 0.482. The van der Waals surface area contributed by atoms with E-state index in [4.69, 9.17) is 9.72 Å². The van der Waals surface area contributed by atoms with E-state index >= 15 is 0 Å². The highest BCUT2D eigenvalue weighted by atomic mass is 16.5. The van der Waals surface area contributed by atoms with E-state index in [2.05, 4.69) is 82.7 Å². The Balaban J connectivity index is 1.34. The number of nitrogens with one attached hydrogen (secondary N) is 1. The van der Waals surface area contributed by atoms with Gasteiger partial charge in [0.15, 0.2) is 5.88 Å². The molecule has 4 rings (SSSR count). The maximum Gasteiger partial charge on any atom is 0.242 e. The summed E-state index contributed by atoms with van der Waals surface area (Å²) in [5.74, 6) is 0.968. The number of likely N-dealkylation sites (tertiary alicyclic amines) is 1. The van der Waals surface area contributed by atoms with Gasteiger partial charge in [0, 0.05) is 51.9 Å². The molecule has 0 spiro atoms. The maximum absolute atomic E-state index is 5.79. The van der Waals surface area contributed by atoms with Crippen LogP contribution >= 0.6 is 0 Å². The first-order valence-electron chi connectivity index (χ1n) is 14.3. The predicted molar refractivity (Wildman–Crippen MR) is 158 cm³/mol. The van der Waals surface area contributed by atoms with Crippen molar-refractivity contribution in [1.82, 2.24) is 20.1 Å². The summed E-state index contributed by atoms with van der Waals surface area (Å²) in [6, 6.07) is 14.4. The molecule has 0 bridgehead atoms. The Morgan fingerprint density at radius 3 is 2.42 bits per heavy atom. The summed E-state index contributed by atoms with van der Waals surface area (Å²) in [6.45, 7) is 19.9. The number of aryl methyl sites for hydroxylation is 2. The minimum atomic E-state index is 0.482. The molecular formula is C31H46N6O. The third kappa shape index (κ3) is 6.94. The normalized spacial score (nSPS) is 20.0. The van der Waals surface area contributed by atoms with E-state index in [9.17, 15) is 0 Å². The molecule has 7 nitrogen and oxygen atoms in total. The highest BCUT2D eigenvalue weighted by Gasteiger charge is 2.33. The number of aromatic nitrogens is 1. The Bertz CT molecular complexity index is 1090. The lowest BCUT2D eigenvalue weighted by Crippen LogP contribution is -2.58. The summed E-state index contributed by atoms with van der Waals surface area (Å²) >= 11 is 0. The Hall–Kier alpha value is -2.90. The number of hydrogen-bond acceptors (Lipinski definition) is 7. The van der Waals surface area contributed by atoms with Crippen LogP contribution in [-0.2, 0) is 11.3 Å². The van der Waals surface area contributed by atoms with Crippen molar-refractivity contribution in [3.63, 3.8) is 0 Å². The van der Waals surface area contributed by atoms with Gasteiger partial charge in [-0.2, -0.15) is 0 Å². The van der Waals surface area contributed by atoms with Crippen LogP contribution in [0.3, 0.4) is 0 Å². The molecule has 0 unspecified atom stereocenters. The second-order valence-electron chi connectivity index (χ2n) is 10.6. The van der Waals surface area contributed by atoms with Crippen molar-refractivity contribution >= 4 is 11.6 Å². The number of benzene rings is 1. The summed E-state index contributed by atoms with van der Waals surface area (Å²) < 4.78 is 5.79. The average Bonchev–Trinajstić information content (AvgIpc) is 2.93. The van der Waals surface area contributed by atoms with Crippen LogP contribution in [0.4, 0.5) is 5.69 Å². The fourth-order valence-corrected chi connectivity index (χ4v) is 5.86. The number of piperazine rings is 1. The van der Waals surface area contributed by atoms with Gasteiger partial charge in [-0.15, -0.1) is 0 Å². The van der Waals surface area contributed by atoms with E-state index < -0.39 is 0 Å². The highest BCUT2D eigenvalue weighted by Crippen LogP contribution is 2.28. The lowest BCUT2D eigenvalue weighted by molar-refractivity contribution is 0.0612. The molecule has 1 N–H and O–H groups in total. The van der Waals surface area contributed by atoms with Crippen LogP contribution in [0, 0.1) is 13.8 Å². The second kappa shape index (κ2) is 13.3. The fraction of sp³-hybridized carbons (Fsp3) is 0.548. The van der Waals surface area contributed by atoms with E-state index in [1.165, 1.54) is 42.7 Å². The molecule has 1 atom stereocenters. The number of rotatable bonds is 9. The van der Waals surface area contributed by atoms with Crippen LogP contribution in [-0.4, -0.2) is 79.1 Å². The van der Waals surface area contributed by atoms with Crippen LogP contribution in [0.25, 0.3) is 0 Å². The number of ether oxygens (including phenoxy) is 1. The smallest absolute Gasteiger partial charge is 0.242 e. The van der Waals surface area contributed by atoms with Gasteiger partial charge in [-0.25, -0.2) is 4.98 Å². The van der Waals surface area contributed by atoms with Gasteiger partial charge in [0.25, 0.3) is 0 Å². The van der Waals surface area contributed by atoms with Crippen molar-refractivity contribution in [2.24, 2.45) is 4.99 Å². The molecule has 2 aliphatic rings. The first-order valence-corrected chi connectivity index (χ1v) is 14.3. The fourth-order valence-electron chi connectivity index (χ4n) is 5.86. The van der Waals surface area contributed by atoms with E-state index in [1.54, 1.807) is 7.05 Å². The molecule has 38 heavy (non-hydrogen) atoms. The zero-order chi connectivity index (χ0) is 27.1. The van der Waals surface area contributed by atoms with Gasteiger partial charge < -0.3 is 15.0 Å². The summed E-state index contributed by atoms with van der Waals surface area (Å²) in [6.07, 6.45) is 3.68. The average molecular weight is 519 g/mol. The molecule has 0 radical (unpaired) electrons. The SMILES string of the molecule is C=C(NCC)O/C(=N\C)c1ccc(N2CCN(C3CCN(Cc4ccc(C)cc4)CC3)[C@@H](CC)C2)c(C)n1. The minimum Gasteiger partial charge on any atom is -0.422 e. The molecule has 0 amide bonds. The Morgan fingerprint density at radius 1 is 1.05 bits per heavy atom. The zero-order valence-electron chi connectivity index (χ0n) is 24.0. The van der Waals surface area contributed by atoms with Gasteiger partial charge in [0.2, 0.25) is 5.90 Å². The predicted octanol–water partition coefficient (Wildman–Crippen LogP) is 4.74. The van der Waals surface area contributed by atoms with Crippen molar-refractivity contribution in [2.45, 2.75) is 65.6 Å². The number of nitrogens with zero attached hydrogens (tertiary/aromatic N) is 5. The third-order valence-corrected chi connectivity index (χ3v) is 7.97. The molecule has 206 valence electrons. The van der Waals surface area contributed by atoms with Gasteiger partial charge in [0.05, 0.1) is 11.4 Å². The standard InChI is InChI=1S/C31H46N6O/c1-7-27-22-36(30-14-13-29(34-24(30)4)31(32-6)38-25(5)33-8-2)19-20-37(27)28-15-17-35(18-16-28)21-26-11-9-23(3)10-12-26/h9-14,27-28,33H,5,7-8,15-22H2,1-4,6H3/b32-31-/t27-/m0/s1. The number of pyridine rings is 1. The molecule has 3 heterocycles. The maximum atomic E-state index is 5.79. The van der Waals surface area contributed by atoms with Gasteiger partial charge >= 0.3 is 0 Å². The Labute approximate surface area is 229 Å². The van der Waals surface area contributed by atoms with Gasteiger partial charge in [0.1, 0.15) is 5.69 Å². The van der Waals surface area contributed by atoms with Crippen molar-refractivity contribution in [3.8, 4) is 0 Å². The van der Waals surface area contributed by atoms with Crippen LogP contribution in [0.5, 0.6) is 0 Å². The Morgan fingerprint density at radius 2 is 1.79 bits per heavy atom. The van der Waals surface area contributed by atoms with E-state index in [-0.39, 0.29) is 0 Å². The van der Waals surface area contributed by atoms with Gasteiger partial charge in [-0.05, 0) is 77.4 Å². The summed E-state index contributed by atoms with van der Waals surface area (Å²) in [7, 11) is 1.72. The van der Waals surface area contributed by atoms with Crippen molar-refractivity contribution < 1.29 is 4.74 Å². The molecule has 0 saturated carbocycles. The number of anilines is 1. The zero-order valence-corrected chi connectivity index (χ0v) is 24.0. The van der Waals surface area contributed by atoms with E-state index in [0.717, 1.165) is 50.5 Å². The van der Waals surface area contributed by atoms with Gasteiger partial charge in [-0.3, -0.25) is 14.8 Å². The van der Waals surface area contributed by atoms with E-state index in [0.29, 0.717) is 23.9 Å². The third-order valence-electron chi connectivity index (χ3n) is 7.97. The summed E-state index contributed by atoms with van der Waals surface area (Å²) in [5.41, 5.74) is 5.71. The molecule has 2 fully saturated rings. The van der Waals surface area contributed by atoms with Crippen LogP contribution in [0.1, 0.15) is 55.6 Å². The van der Waals surface area contributed by atoms with Gasteiger partial charge in [-0.1, -0.05) is 36.8 Å². The number of hydrogen-bond donors (Lipinski definition) is 1. The molecule has 1 aromatic carbocycles. The van der Waals surface area contributed by atoms with Crippen molar-refractivity contribution in [3.05, 3.63) is 71.4 Å². The van der Waals surface area contributed by atoms with Crippen molar-refractivity contribution in [1.29, 1.82) is 0 Å². The van der Waals surface area contributed by atoms with Crippen LogP contribution < -0.4 is 10.2 Å². The molecule has 1 aromatic heterocycles. The lowest BCUT2D eigenvalue weighted by Gasteiger charge is -2.48. The second-order valence-corrected chi connectivity index (χ2v) is 10.6. The van der Waals surface area contributed by atoms with E-state index in [1.807, 2.05) is 13.0 Å². The quantitative estimate of drug-likeness (QED) is 0.294. The first-order chi connectivity index (χ1) is 18.4. The van der Waals surface area contributed by atoms with Crippen LogP contribution in [0.15, 0.2) is 53.9 Å². The van der Waals surface area contributed by atoms with Crippen molar-refractivity contribution in [2.75, 3.05) is 51.2 Å². The monoisotopic (exact) mass is 518 g/mol. The lowest BCUT2D eigenvalue weighted by atomic mass is 9.97. The van der Waals surface area contributed by atoms with Crippen LogP contribution in [0.2, 0.25) is 0 Å². The molecular weight excluding hydrogens is 472 g/mol. The molecule has 2 aromatic rings. The molecule has 7 heteroatoms. The summed E-state index contributed by atoms with van der Waals surface area (Å²) in [4.78, 5) is 17.1. The number of aliphatic imine (C=N–C) groups is 1. The largest absolute Gasteiger partial charge is 0.422 e. The number of piperidine rings is 1. The highest BCUT2D eigenvalue weighted by molar-refractivity contribution is 5.93. The topological polar surface area (TPSA) is 56.2 Å².